The Morgan fingerprint density at radius 1 is 1.17 bits per heavy atom. The molecule has 1 aromatic rings. The predicted molar refractivity (Wildman–Crippen MR) is 63.1 cm³/mol. The van der Waals surface area contributed by atoms with Crippen molar-refractivity contribution in [3.8, 4) is 5.75 Å². The topological polar surface area (TPSA) is 52.5 Å². The first kappa shape index (κ1) is 13.2. The van der Waals surface area contributed by atoms with Crippen LogP contribution in [0.2, 0.25) is 0 Å². The molecule has 0 amide bonds. The third-order valence-electron chi connectivity index (χ3n) is 3.61. The van der Waals surface area contributed by atoms with E-state index >= 15 is 0 Å². The van der Waals surface area contributed by atoms with Gasteiger partial charge in [0.25, 0.3) is 0 Å². The zero-order valence-corrected chi connectivity index (χ0v) is 10.0. The lowest BCUT2D eigenvalue weighted by atomic mass is 9.98. The fourth-order valence-corrected chi connectivity index (χ4v) is 2.45. The van der Waals surface area contributed by atoms with E-state index in [1.54, 1.807) is 0 Å². The van der Waals surface area contributed by atoms with Crippen LogP contribution in [0.3, 0.4) is 0 Å². The maximum Gasteiger partial charge on any atom is 0.187 e. The Morgan fingerprint density at radius 3 is 2.22 bits per heavy atom. The number of hydrogen-bond donors (Lipinski definition) is 3. The van der Waals surface area contributed by atoms with Crippen LogP contribution in [-0.4, -0.2) is 22.4 Å². The summed E-state index contributed by atoms with van der Waals surface area (Å²) in [6.07, 6.45) is 3.83. The summed E-state index contributed by atoms with van der Waals surface area (Å²) in [6, 6.07) is 2.21. The lowest BCUT2D eigenvalue weighted by Crippen LogP contribution is -2.45. The van der Waals surface area contributed by atoms with Crippen molar-refractivity contribution in [2.24, 2.45) is 0 Å². The molecule has 0 saturated heterocycles. The molecule has 0 aliphatic heterocycles. The second-order valence-corrected chi connectivity index (χ2v) is 4.91. The van der Waals surface area contributed by atoms with Crippen LogP contribution in [0, 0.1) is 11.6 Å². The van der Waals surface area contributed by atoms with Gasteiger partial charge in [-0.05, 0) is 30.5 Å². The summed E-state index contributed by atoms with van der Waals surface area (Å²) >= 11 is 0. The zero-order chi connectivity index (χ0) is 13.2. The molecule has 1 aliphatic carbocycles. The van der Waals surface area contributed by atoms with E-state index in [0.717, 1.165) is 37.8 Å². The van der Waals surface area contributed by atoms with Gasteiger partial charge in [0.2, 0.25) is 0 Å². The van der Waals surface area contributed by atoms with Crippen molar-refractivity contribution in [2.45, 2.75) is 37.8 Å². The number of rotatable bonds is 4. The highest BCUT2D eigenvalue weighted by atomic mass is 19.1. The first-order valence-corrected chi connectivity index (χ1v) is 6.09. The molecule has 0 heterocycles. The van der Waals surface area contributed by atoms with Gasteiger partial charge in [-0.3, -0.25) is 0 Å². The molecule has 18 heavy (non-hydrogen) atoms. The largest absolute Gasteiger partial charge is 0.503 e. The second kappa shape index (κ2) is 5.20. The zero-order valence-electron chi connectivity index (χ0n) is 10.0. The molecule has 3 nitrogen and oxygen atoms in total. The van der Waals surface area contributed by atoms with Crippen LogP contribution in [0.5, 0.6) is 5.75 Å². The Balaban J connectivity index is 2.06. The van der Waals surface area contributed by atoms with Crippen molar-refractivity contribution in [3.05, 3.63) is 29.3 Å². The van der Waals surface area contributed by atoms with Crippen LogP contribution in [-0.2, 0) is 6.54 Å². The Bertz CT molecular complexity index is 408. The molecular formula is C13H17F2NO2. The molecule has 3 N–H and O–H groups in total. The standard InChI is InChI=1S/C13H17F2NO2/c14-10-5-9(6-11(15)12(10)18)7-16-13(8-17)3-1-2-4-13/h5-6,16-18H,1-4,7-8H2. The number of nitrogens with one attached hydrogen (secondary N) is 1. The molecule has 2 rings (SSSR count). The lowest BCUT2D eigenvalue weighted by Gasteiger charge is -2.28. The minimum absolute atomic E-state index is 0.0239. The van der Waals surface area contributed by atoms with Crippen molar-refractivity contribution < 1.29 is 19.0 Å². The summed E-state index contributed by atoms with van der Waals surface area (Å²) < 4.78 is 26.3. The number of phenolic OH excluding ortho intramolecular Hbond substituents is 1. The van der Waals surface area contributed by atoms with Crippen LogP contribution < -0.4 is 5.32 Å². The van der Waals surface area contributed by atoms with Gasteiger partial charge in [0.05, 0.1) is 6.61 Å². The molecule has 0 radical (unpaired) electrons. The first-order valence-electron chi connectivity index (χ1n) is 6.09. The highest BCUT2D eigenvalue weighted by molar-refractivity contribution is 5.30. The third-order valence-corrected chi connectivity index (χ3v) is 3.61. The van der Waals surface area contributed by atoms with Gasteiger partial charge in [-0.1, -0.05) is 12.8 Å². The van der Waals surface area contributed by atoms with Crippen molar-refractivity contribution in [2.75, 3.05) is 6.61 Å². The fraction of sp³-hybridized carbons (Fsp3) is 0.538. The van der Waals surface area contributed by atoms with Crippen LogP contribution in [0.4, 0.5) is 8.78 Å². The summed E-state index contributed by atoms with van der Waals surface area (Å²) in [4.78, 5) is 0. The van der Waals surface area contributed by atoms with Crippen LogP contribution in [0.25, 0.3) is 0 Å². The monoisotopic (exact) mass is 257 g/mol. The Labute approximate surface area is 104 Å². The van der Waals surface area contributed by atoms with E-state index in [2.05, 4.69) is 5.32 Å². The molecule has 0 atom stereocenters. The highest BCUT2D eigenvalue weighted by Gasteiger charge is 2.32. The van der Waals surface area contributed by atoms with Gasteiger partial charge in [-0.25, -0.2) is 8.78 Å². The summed E-state index contributed by atoms with van der Waals surface area (Å²) in [5, 5.41) is 21.6. The summed E-state index contributed by atoms with van der Waals surface area (Å²) in [7, 11) is 0. The lowest BCUT2D eigenvalue weighted by molar-refractivity contribution is 0.163. The quantitative estimate of drug-likeness (QED) is 0.774. The average Bonchev–Trinajstić information content (AvgIpc) is 2.83. The summed E-state index contributed by atoms with van der Waals surface area (Å²) in [6.45, 7) is 0.296. The highest BCUT2D eigenvalue weighted by Crippen LogP contribution is 2.30. The van der Waals surface area contributed by atoms with Gasteiger partial charge in [-0.15, -0.1) is 0 Å². The van der Waals surface area contributed by atoms with Crippen molar-refractivity contribution >= 4 is 0 Å². The fourth-order valence-electron chi connectivity index (χ4n) is 2.45. The van der Waals surface area contributed by atoms with Crippen LogP contribution in [0.15, 0.2) is 12.1 Å². The molecule has 5 heteroatoms. The molecule has 0 bridgehead atoms. The number of phenols is 1. The van der Waals surface area contributed by atoms with Gasteiger partial charge in [-0.2, -0.15) is 0 Å². The van der Waals surface area contributed by atoms with Gasteiger partial charge in [0.15, 0.2) is 17.4 Å². The Hall–Kier alpha value is -1.20. The Morgan fingerprint density at radius 2 is 1.72 bits per heavy atom. The normalized spacial score (nSPS) is 18.2. The van der Waals surface area contributed by atoms with E-state index in [1.165, 1.54) is 0 Å². The summed E-state index contributed by atoms with van der Waals surface area (Å²) in [5.41, 5.74) is 0.0905. The maximum atomic E-state index is 13.2. The molecule has 1 aromatic carbocycles. The van der Waals surface area contributed by atoms with E-state index in [0.29, 0.717) is 5.56 Å². The summed E-state index contributed by atoms with van der Waals surface area (Å²) in [5.74, 6) is -2.87. The van der Waals surface area contributed by atoms with E-state index in [1.807, 2.05) is 0 Å². The maximum absolute atomic E-state index is 13.2. The average molecular weight is 257 g/mol. The number of hydrogen-bond acceptors (Lipinski definition) is 3. The number of halogens is 2. The third kappa shape index (κ3) is 2.62. The second-order valence-electron chi connectivity index (χ2n) is 4.91. The molecule has 1 saturated carbocycles. The number of aromatic hydroxyl groups is 1. The van der Waals surface area contributed by atoms with E-state index < -0.39 is 17.4 Å². The predicted octanol–water partition coefficient (Wildman–Crippen LogP) is 2.07. The molecule has 0 aromatic heterocycles. The SMILES string of the molecule is OCC1(NCc2cc(F)c(O)c(F)c2)CCCC1. The van der Waals surface area contributed by atoms with E-state index in [4.69, 9.17) is 5.11 Å². The number of aliphatic hydroxyl groups excluding tert-OH is 1. The van der Waals surface area contributed by atoms with Crippen LogP contribution >= 0.6 is 0 Å². The minimum Gasteiger partial charge on any atom is -0.503 e. The number of benzene rings is 1. The minimum atomic E-state index is -0.962. The van der Waals surface area contributed by atoms with Crippen LogP contribution in [0.1, 0.15) is 31.2 Å². The van der Waals surface area contributed by atoms with E-state index in [-0.39, 0.29) is 18.7 Å². The van der Waals surface area contributed by atoms with Gasteiger partial charge < -0.3 is 15.5 Å². The molecule has 0 spiro atoms. The van der Waals surface area contributed by atoms with Gasteiger partial charge in [0.1, 0.15) is 0 Å². The molecule has 1 aliphatic rings. The molecule has 100 valence electrons. The van der Waals surface area contributed by atoms with E-state index in [9.17, 15) is 13.9 Å². The van der Waals surface area contributed by atoms with Crippen molar-refractivity contribution in [1.29, 1.82) is 0 Å². The molecule has 1 fully saturated rings. The van der Waals surface area contributed by atoms with Crippen molar-refractivity contribution in [1.82, 2.24) is 5.32 Å². The molecular weight excluding hydrogens is 240 g/mol. The number of aliphatic hydroxyl groups is 1. The molecule has 0 unspecified atom stereocenters. The first-order chi connectivity index (χ1) is 8.56. The van der Waals surface area contributed by atoms with Gasteiger partial charge >= 0.3 is 0 Å². The van der Waals surface area contributed by atoms with Gasteiger partial charge in [0, 0.05) is 12.1 Å². The van der Waals surface area contributed by atoms with Crippen molar-refractivity contribution in [3.63, 3.8) is 0 Å². The Kier molecular flexibility index (Phi) is 3.82. The smallest absolute Gasteiger partial charge is 0.187 e.